The van der Waals surface area contributed by atoms with Crippen molar-refractivity contribution in [2.45, 2.75) is 25.4 Å². The fourth-order valence-electron chi connectivity index (χ4n) is 2.47. The van der Waals surface area contributed by atoms with Crippen molar-refractivity contribution >= 4 is 11.6 Å². The molecule has 1 aliphatic heterocycles. The molecule has 1 aromatic carbocycles. The summed E-state index contributed by atoms with van der Waals surface area (Å²) in [5.74, 6) is -0.312. The Morgan fingerprint density at radius 3 is 2.63 bits per heavy atom. The Kier molecular flexibility index (Phi) is 4.46. The van der Waals surface area contributed by atoms with Crippen molar-refractivity contribution in [2.24, 2.45) is 5.73 Å². The number of rotatable bonds is 3. The Labute approximate surface area is 118 Å². The number of benzene rings is 1. The standard InChI is InChI=1S/C14H20ClFN2O/c1-14(2,18-5-7-19-8-6-18)13(17)11-9-10(16)3-4-12(11)15/h3-4,9,13H,5-8,17H2,1-2H3. The summed E-state index contributed by atoms with van der Waals surface area (Å²) in [6.07, 6.45) is 0. The number of hydrogen-bond donors (Lipinski definition) is 1. The van der Waals surface area contributed by atoms with E-state index in [1.54, 1.807) is 6.07 Å². The van der Waals surface area contributed by atoms with Gasteiger partial charge in [-0.25, -0.2) is 4.39 Å². The van der Waals surface area contributed by atoms with Gasteiger partial charge in [-0.1, -0.05) is 11.6 Å². The minimum absolute atomic E-state index is 0.304. The minimum Gasteiger partial charge on any atom is -0.379 e. The van der Waals surface area contributed by atoms with Crippen molar-refractivity contribution in [2.75, 3.05) is 26.3 Å². The average Bonchev–Trinajstić information content (AvgIpc) is 2.41. The van der Waals surface area contributed by atoms with Crippen LogP contribution in [-0.4, -0.2) is 36.7 Å². The van der Waals surface area contributed by atoms with Crippen molar-refractivity contribution in [3.8, 4) is 0 Å². The fourth-order valence-corrected chi connectivity index (χ4v) is 2.70. The summed E-state index contributed by atoms with van der Waals surface area (Å²) in [5, 5.41) is 0.509. The molecule has 1 atom stereocenters. The van der Waals surface area contributed by atoms with Crippen molar-refractivity contribution < 1.29 is 9.13 Å². The molecule has 3 nitrogen and oxygen atoms in total. The smallest absolute Gasteiger partial charge is 0.123 e. The third-order valence-electron chi connectivity index (χ3n) is 3.88. The van der Waals surface area contributed by atoms with Crippen LogP contribution in [0, 0.1) is 5.82 Å². The van der Waals surface area contributed by atoms with Crippen LogP contribution in [0.4, 0.5) is 4.39 Å². The molecule has 1 unspecified atom stereocenters. The highest BCUT2D eigenvalue weighted by atomic mass is 35.5. The molecule has 0 aromatic heterocycles. The van der Waals surface area contributed by atoms with Gasteiger partial charge in [-0.2, -0.15) is 0 Å². The summed E-state index contributed by atoms with van der Waals surface area (Å²) in [6, 6.07) is 3.98. The molecule has 1 aromatic rings. The molecule has 0 spiro atoms. The largest absolute Gasteiger partial charge is 0.379 e. The zero-order valence-electron chi connectivity index (χ0n) is 11.3. The van der Waals surface area contributed by atoms with Crippen LogP contribution in [0.3, 0.4) is 0 Å². The molecular formula is C14H20ClFN2O. The van der Waals surface area contributed by atoms with Gasteiger partial charge in [0.25, 0.3) is 0 Å². The Hall–Kier alpha value is -0.680. The van der Waals surface area contributed by atoms with Gasteiger partial charge in [-0.05, 0) is 37.6 Å². The molecule has 0 aliphatic carbocycles. The number of hydrogen-bond acceptors (Lipinski definition) is 3. The van der Waals surface area contributed by atoms with E-state index in [1.165, 1.54) is 12.1 Å². The third kappa shape index (κ3) is 3.08. The third-order valence-corrected chi connectivity index (χ3v) is 4.22. The van der Waals surface area contributed by atoms with Crippen molar-refractivity contribution in [3.63, 3.8) is 0 Å². The molecular weight excluding hydrogens is 267 g/mol. The van der Waals surface area contributed by atoms with Gasteiger partial charge in [0.05, 0.1) is 13.2 Å². The molecule has 1 fully saturated rings. The van der Waals surface area contributed by atoms with Crippen molar-refractivity contribution in [1.29, 1.82) is 0 Å². The first-order valence-electron chi connectivity index (χ1n) is 6.46. The monoisotopic (exact) mass is 286 g/mol. The molecule has 5 heteroatoms. The molecule has 0 amide bonds. The summed E-state index contributed by atoms with van der Waals surface area (Å²) >= 11 is 6.15. The van der Waals surface area contributed by atoms with Gasteiger partial charge in [0, 0.05) is 29.7 Å². The highest BCUT2D eigenvalue weighted by Crippen LogP contribution is 2.33. The second kappa shape index (κ2) is 5.75. The van der Waals surface area contributed by atoms with E-state index in [-0.39, 0.29) is 17.4 Å². The predicted octanol–water partition coefficient (Wildman–Crippen LogP) is 2.59. The maximum Gasteiger partial charge on any atom is 0.123 e. The van der Waals surface area contributed by atoms with Crippen LogP contribution in [0.2, 0.25) is 5.02 Å². The van der Waals surface area contributed by atoms with E-state index in [0.717, 1.165) is 13.1 Å². The minimum atomic E-state index is -0.353. The number of nitrogens with zero attached hydrogens (tertiary/aromatic N) is 1. The van der Waals surface area contributed by atoms with E-state index in [1.807, 2.05) is 0 Å². The molecule has 1 heterocycles. The van der Waals surface area contributed by atoms with Gasteiger partial charge in [0.15, 0.2) is 0 Å². The topological polar surface area (TPSA) is 38.5 Å². The number of halogens is 2. The second-order valence-corrected chi connectivity index (χ2v) is 5.80. The normalized spacial score (nSPS) is 19.4. The zero-order valence-corrected chi connectivity index (χ0v) is 12.1. The molecule has 106 valence electrons. The van der Waals surface area contributed by atoms with Crippen molar-refractivity contribution in [3.05, 3.63) is 34.6 Å². The lowest BCUT2D eigenvalue weighted by Gasteiger charge is -2.44. The lowest BCUT2D eigenvalue weighted by molar-refractivity contribution is -0.0190. The van der Waals surface area contributed by atoms with Gasteiger partial charge >= 0.3 is 0 Å². The first-order chi connectivity index (χ1) is 8.93. The van der Waals surface area contributed by atoms with Gasteiger partial charge in [-0.3, -0.25) is 4.90 Å². The van der Waals surface area contributed by atoms with E-state index < -0.39 is 0 Å². The quantitative estimate of drug-likeness (QED) is 0.928. The number of ether oxygens (including phenoxy) is 1. The summed E-state index contributed by atoms with van der Waals surface area (Å²) in [4.78, 5) is 2.27. The zero-order chi connectivity index (χ0) is 14.0. The van der Waals surface area contributed by atoms with E-state index in [0.29, 0.717) is 23.8 Å². The molecule has 2 rings (SSSR count). The first-order valence-corrected chi connectivity index (χ1v) is 6.84. The van der Waals surface area contributed by atoms with E-state index in [4.69, 9.17) is 22.1 Å². The van der Waals surface area contributed by atoms with E-state index in [9.17, 15) is 4.39 Å². The SMILES string of the molecule is CC(C)(C(N)c1cc(F)ccc1Cl)N1CCOCC1. The second-order valence-electron chi connectivity index (χ2n) is 5.40. The lowest BCUT2D eigenvalue weighted by atomic mass is 9.87. The molecule has 1 aliphatic rings. The van der Waals surface area contributed by atoms with Gasteiger partial charge in [0.2, 0.25) is 0 Å². The lowest BCUT2D eigenvalue weighted by Crippen LogP contribution is -2.55. The van der Waals surface area contributed by atoms with Crippen molar-refractivity contribution in [1.82, 2.24) is 4.90 Å². The Bertz CT molecular complexity index is 447. The molecule has 0 saturated carbocycles. The summed E-state index contributed by atoms with van der Waals surface area (Å²) < 4.78 is 18.7. The van der Waals surface area contributed by atoms with E-state index in [2.05, 4.69) is 18.7 Å². The molecule has 19 heavy (non-hydrogen) atoms. The summed E-state index contributed by atoms with van der Waals surface area (Å²) in [7, 11) is 0. The van der Waals surface area contributed by atoms with Crippen LogP contribution >= 0.6 is 11.6 Å². The van der Waals surface area contributed by atoms with Crippen LogP contribution in [0.1, 0.15) is 25.5 Å². The van der Waals surface area contributed by atoms with Gasteiger partial charge in [0.1, 0.15) is 5.82 Å². The average molecular weight is 287 g/mol. The highest BCUT2D eigenvalue weighted by molar-refractivity contribution is 6.31. The van der Waals surface area contributed by atoms with Crippen LogP contribution in [0.15, 0.2) is 18.2 Å². The molecule has 2 N–H and O–H groups in total. The Morgan fingerprint density at radius 2 is 2.00 bits per heavy atom. The maximum absolute atomic E-state index is 13.4. The van der Waals surface area contributed by atoms with Crippen LogP contribution in [0.25, 0.3) is 0 Å². The van der Waals surface area contributed by atoms with Crippen LogP contribution in [0.5, 0.6) is 0 Å². The fraction of sp³-hybridized carbons (Fsp3) is 0.571. The Balaban J connectivity index is 2.25. The molecule has 1 saturated heterocycles. The predicted molar refractivity (Wildman–Crippen MR) is 74.8 cm³/mol. The number of nitrogens with two attached hydrogens (primary N) is 1. The number of morpholine rings is 1. The molecule has 0 bridgehead atoms. The maximum atomic E-state index is 13.4. The Morgan fingerprint density at radius 1 is 1.37 bits per heavy atom. The van der Waals surface area contributed by atoms with Crippen LogP contribution in [-0.2, 0) is 4.74 Å². The first kappa shape index (κ1) is 14.7. The molecule has 0 radical (unpaired) electrons. The summed E-state index contributed by atoms with van der Waals surface area (Å²) in [5.41, 5.74) is 6.69. The summed E-state index contributed by atoms with van der Waals surface area (Å²) in [6.45, 7) is 7.18. The van der Waals surface area contributed by atoms with Gasteiger partial charge in [-0.15, -0.1) is 0 Å². The van der Waals surface area contributed by atoms with E-state index >= 15 is 0 Å². The van der Waals surface area contributed by atoms with Crippen LogP contribution < -0.4 is 5.73 Å². The highest BCUT2D eigenvalue weighted by Gasteiger charge is 2.36. The van der Waals surface area contributed by atoms with Gasteiger partial charge < -0.3 is 10.5 Å².